The maximum atomic E-state index is 13.3. The zero-order valence-electron chi connectivity index (χ0n) is 23.4. The molecule has 1 aromatic heterocycles. The first-order valence-corrected chi connectivity index (χ1v) is 14.9. The topological polar surface area (TPSA) is 79.3 Å². The highest BCUT2D eigenvalue weighted by atomic mass is 35.5. The minimum Gasteiger partial charge on any atom is -0.495 e. The lowest BCUT2D eigenvalue weighted by Gasteiger charge is -2.36. The molecule has 9 nitrogen and oxygen atoms in total. The van der Waals surface area contributed by atoms with Gasteiger partial charge in [-0.2, -0.15) is 0 Å². The largest absolute Gasteiger partial charge is 0.495 e. The normalized spacial score (nSPS) is 16.7. The molecule has 2 amide bonds. The summed E-state index contributed by atoms with van der Waals surface area (Å²) in [7, 11) is 1.65. The van der Waals surface area contributed by atoms with E-state index in [1.807, 2.05) is 35.4 Å². The molecule has 0 atom stereocenters. The number of methoxy groups -OCH3 is 1. The molecule has 0 bridgehead atoms. The average Bonchev–Trinajstić information content (AvgIpc) is 3.38. The second-order valence-corrected chi connectivity index (χ2v) is 11.3. The lowest BCUT2D eigenvalue weighted by molar-refractivity contribution is -0.136. The number of carbonyl (C=O) groups excluding carboxylic acids is 2. The zero-order valence-corrected chi connectivity index (χ0v) is 24.9. The fourth-order valence-corrected chi connectivity index (χ4v) is 5.84. The van der Waals surface area contributed by atoms with Gasteiger partial charge in [0, 0.05) is 63.9 Å². The van der Waals surface area contributed by atoms with E-state index in [0.29, 0.717) is 55.0 Å². The Morgan fingerprint density at radius 1 is 0.951 bits per heavy atom. The molecule has 2 aliphatic heterocycles. The number of para-hydroxylation sites is 1. The number of piperazine rings is 1. The van der Waals surface area contributed by atoms with Crippen LogP contribution in [0.2, 0.25) is 10.0 Å². The van der Waals surface area contributed by atoms with Crippen LogP contribution in [-0.2, 0) is 22.6 Å². The van der Waals surface area contributed by atoms with Gasteiger partial charge in [-0.25, -0.2) is 0 Å². The van der Waals surface area contributed by atoms with Crippen molar-refractivity contribution in [2.24, 2.45) is 0 Å². The minimum absolute atomic E-state index is 0.157. The smallest absolute Gasteiger partial charge is 0.253 e. The van der Waals surface area contributed by atoms with Crippen LogP contribution in [0.5, 0.6) is 5.75 Å². The molecule has 0 unspecified atom stereocenters. The van der Waals surface area contributed by atoms with Gasteiger partial charge < -0.3 is 29.2 Å². The minimum atomic E-state index is -0.157. The molecule has 2 aliphatic rings. The zero-order chi connectivity index (χ0) is 28.8. The number of ether oxygens (including phenoxy) is 2. The van der Waals surface area contributed by atoms with Crippen LogP contribution in [-0.4, -0.2) is 104 Å². The van der Waals surface area contributed by atoms with E-state index >= 15 is 0 Å². The number of nitrogens with one attached hydrogen (secondary N) is 1. The van der Waals surface area contributed by atoms with Crippen molar-refractivity contribution in [3.63, 3.8) is 0 Å². The van der Waals surface area contributed by atoms with Gasteiger partial charge in [0.1, 0.15) is 5.75 Å². The van der Waals surface area contributed by atoms with Crippen LogP contribution in [0.15, 0.2) is 42.6 Å². The van der Waals surface area contributed by atoms with Gasteiger partial charge in [-0.1, -0.05) is 41.4 Å². The quantitative estimate of drug-likeness (QED) is 0.381. The van der Waals surface area contributed by atoms with Crippen molar-refractivity contribution in [1.29, 1.82) is 0 Å². The molecule has 3 heterocycles. The number of nitrogens with zero attached hydrogens (tertiary/aromatic N) is 4. The fraction of sp³-hybridized carbons (Fsp3) is 0.467. The van der Waals surface area contributed by atoms with Crippen molar-refractivity contribution < 1.29 is 19.1 Å². The molecule has 0 saturated carbocycles. The molecule has 0 aliphatic carbocycles. The van der Waals surface area contributed by atoms with Crippen molar-refractivity contribution in [1.82, 2.24) is 24.6 Å². The Labute approximate surface area is 250 Å². The predicted molar refractivity (Wildman–Crippen MR) is 161 cm³/mol. The lowest BCUT2D eigenvalue weighted by atomic mass is 10.1. The SMILES string of the molecule is COc1cccc2c(C(=O)NCc3ccc(Cl)c(Cl)c3)cn(CCCN3CCN(CC(=O)N4CCOCC4)CC3)c12. The van der Waals surface area contributed by atoms with E-state index in [4.69, 9.17) is 32.7 Å². The van der Waals surface area contributed by atoms with E-state index in [1.165, 1.54) is 0 Å². The number of aromatic nitrogens is 1. The molecular formula is C30H37Cl2N5O4. The van der Waals surface area contributed by atoms with Gasteiger partial charge in [-0.05, 0) is 36.7 Å². The molecule has 1 N–H and O–H groups in total. The second-order valence-electron chi connectivity index (χ2n) is 10.5. The summed E-state index contributed by atoms with van der Waals surface area (Å²) in [6.45, 7) is 8.83. The van der Waals surface area contributed by atoms with Crippen LogP contribution in [0.25, 0.3) is 10.9 Å². The Hall–Kier alpha value is -2.82. The molecule has 2 saturated heterocycles. The van der Waals surface area contributed by atoms with E-state index in [-0.39, 0.29) is 11.8 Å². The third-order valence-electron chi connectivity index (χ3n) is 7.82. The number of rotatable bonds is 10. The molecule has 0 spiro atoms. The summed E-state index contributed by atoms with van der Waals surface area (Å²) in [5.41, 5.74) is 2.40. The number of fused-ring (bicyclic) bond motifs is 1. The molecule has 41 heavy (non-hydrogen) atoms. The first-order chi connectivity index (χ1) is 19.9. The van der Waals surface area contributed by atoms with Gasteiger partial charge in [-0.3, -0.25) is 14.5 Å². The van der Waals surface area contributed by atoms with Gasteiger partial charge in [0.2, 0.25) is 5.91 Å². The number of halogens is 2. The number of morpholine rings is 1. The van der Waals surface area contributed by atoms with E-state index < -0.39 is 0 Å². The van der Waals surface area contributed by atoms with Gasteiger partial charge in [0.15, 0.2) is 0 Å². The Kier molecular flexibility index (Phi) is 10.1. The number of amides is 2. The van der Waals surface area contributed by atoms with Crippen molar-refractivity contribution in [2.45, 2.75) is 19.5 Å². The Balaban J connectivity index is 1.16. The predicted octanol–water partition coefficient (Wildman–Crippen LogP) is 3.75. The fourth-order valence-electron chi connectivity index (χ4n) is 5.51. The van der Waals surface area contributed by atoms with Crippen molar-refractivity contribution in [3.05, 3.63) is 63.8 Å². The highest BCUT2D eigenvalue weighted by Gasteiger charge is 2.23. The summed E-state index contributed by atoms with van der Waals surface area (Å²) in [5.74, 6) is 0.785. The van der Waals surface area contributed by atoms with Crippen LogP contribution in [0.1, 0.15) is 22.3 Å². The first-order valence-electron chi connectivity index (χ1n) is 14.1. The molecule has 0 radical (unpaired) electrons. The summed E-state index contributed by atoms with van der Waals surface area (Å²) < 4.78 is 13.1. The maximum Gasteiger partial charge on any atom is 0.253 e. The highest BCUT2D eigenvalue weighted by Crippen LogP contribution is 2.30. The molecule has 220 valence electrons. The average molecular weight is 603 g/mol. The van der Waals surface area contributed by atoms with Crippen LogP contribution < -0.4 is 10.1 Å². The number of hydrogen-bond donors (Lipinski definition) is 1. The van der Waals surface area contributed by atoms with E-state index in [9.17, 15) is 9.59 Å². The van der Waals surface area contributed by atoms with Gasteiger partial charge in [0.05, 0.1) is 48.0 Å². The van der Waals surface area contributed by atoms with E-state index in [2.05, 4.69) is 19.7 Å². The monoisotopic (exact) mass is 601 g/mol. The molecule has 5 rings (SSSR count). The van der Waals surface area contributed by atoms with Gasteiger partial charge in [0.25, 0.3) is 5.91 Å². The van der Waals surface area contributed by atoms with E-state index in [1.54, 1.807) is 19.2 Å². The summed E-state index contributed by atoms with van der Waals surface area (Å²) in [6.07, 6.45) is 2.85. The molecule has 2 fully saturated rings. The van der Waals surface area contributed by atoms with E-state index in [0.717, 1.165) is 67.9 Å². The Bertz CT molecular complexity index is 1370. The van der Waals surface area contributed by atoms with Crippen LogP contribution in [0.3, 0.4) is 0 Å². The molecule has 2 aromatic carbocycles. The van der Waals surface area contributed by atoms with Crippen molar-refractivity contribution >= 4 is 45.9 Å². The number of benzene rings is 2. The van der Waals surface area contributed by atoms with Crippen molar-refractivity contribution in [3.8, 4) is 5.75 Å². The van der Waals surface area contributed by atoms with Crippen molar-refractivity contribution in [2.75, 3.05) is 72.7 Å². The lowest BCUT2D eigenvalue weighted by Crippen LogP contribution is -2.51. The maximum absolute atomic E-state index is 13.3. The summed E-state index contributed by atoms with van der Waals surface area (Å²) >= 11 is 12.2. The summed E-state index contributed by atoms with van der Waals surface area (Å²) in [5, 5.41) is 4.81. The second kappa shape index (κ2) is 13.9. The summed E-state index contributed by atoms with van der Waals surface area (Å²) in [4.78, 5) is 32.5. The Morgan fingerprint density at radius 2 is 1.71 bits per heavy atom. The summed E-state index contributed by atoms with van der Waals surface area (Å²) in [6, 6.07) is 11.1. The molecule has 3 aromatic rings. The number of hydrogen-bond acceptors (Lipinski definition) is 6. The highest BCUT2D eigenvalue weighted by molar-refractivity contribution is 6.42. The van der Waals surface area contributed by atoms with Crippen LogP contribution in [0.4, 0.5) is 0 Å². The van der Waals surface area contributed by atoms with Gasteiger partial charge >= 0.3 is 0 Å². The third kappa shape index (κ3) is 7.34. The van der Waals surface area contributed by atoms with Crippen LogP contribution in [0, 0.1) is 0 Å². The number of carbonyl (C=O) groups is 2. The standard InChI is InChI=1S/C30H37Cl2N5O4/c1-40-27-5-2-4-23-24(30(39)33-19-22-6-7-25(31)26(32)18-22)20-37(29(23)27)9-3-8-34-10-12-35(13-11-34)21-28(38)36-14-16-41-17-15-36/h2,4-7,18,20H,3,8-17,19,21H2,1H3,(H,33,39). The molecule has 11 heteroatoms. The number of aryl methyl sites for hydroxylation is 1. The molecular weight excluding hydrogens is 565 g/mol. The van der Waals surface area contributed by atoms with Gasteiger partial charge in [-0.15, -0.1) is 0 Å². The third-order valence-corrected chi connectivity index (χ3v) is 8.56. The first kappa shape index (κ1) is 29.7. The Morgan fingerprint density at radius 3 is 2.44 bits per heavy atom. The van der Waals surface area contributed by atoms with Crippen LogP contribution >= 0.6 is 23.2 Å².